The maximum Gasteiger partial charge on any atom is 0 e. The largest absolute Gasteiger partial charge is 0.331 e. The van der Waals surface area contributed by atoms with Crippen molar-refractivity contribution in [3.63, 3.8) is 0 Å². The van der Waals surface area contributed by atoms with Crippen LogP contribution < -0.4 is 0 Å². The Morgan fingerprint density at radius 2 is 0.929 bits per heavy atom. The van der Waals surface area contributed by atoms with E-state index in [1.165, 1.54) is 0 Å². The smallest absolute Gasteiger partial charge is 0 e. The molecule has 14 heavy (non-hydrogen) atoms. The standard InChI is InChI=1S/C5H5.C4H6.C4H5.Mo/c1-2-4-5-3-1;2*1-3-4-2;/h1-5H;1-2H3;1H2,2H3;/q;;-1;. The van der Waals surface area contributed by atoms with E-state index in [4.69, 9.17) is 0 Å². The molecule has 0 unspecified atom stereocenters. The van der Waals surface area contributed by atoms with Gasteiger partial charge in [0.25, 0.3) is 0 Å². The molecule has 0 aromatic rings. The molecule has 0 amide bonds. The quantitative estimate of drug-likeness (QED) is 0.360. The van der Waals surface area contributed by atoms with Crippen LogP contribution in [0.1, 0.15) is 20.8 Å². The minimum atomic E-state index is 0. The van der Waals surface area contributed by atoms with E-state index in [1.54, 1.807) is 6.92 Å². The van der Waals surface area contributed by atoms with E-state index in [1.807, 2.05) is 46.0 Å². The van der Waals surface area contributed by atoms with Crippen molar-refractivity contribution in [2.45, 2.75) is 20.8 Å². The van der Waals surface area contributed by atoms with Crippen molar-refractivity contribution in [3.05, 3.63) is 39.0 Å². The Bertz CT molecular complexity index is 143. The number of hydrogen-bond acceptors (Lipinski definition) is 0. The molecule has 0 spiro atoms. The first-order valence-corrected chi connectivity index (χ1v) is 4.02. The molecule has 1 rings (SSSR count). The zero-order chi connectivity index (χ0) is 10.4. The van der Waals surface area contributed by atoms with E-state index in [0.29, 0.717) is 0 Å². The van der Waals surface area contributed by atoms with Gasteiger partial charge in [0, 0.05) is 21.1 Å². The second kappa shape index (κ2) is 23.0. The minimum absolute atomic E-state index is 0. The van der Waals surface area contributed by atoms with Crippen molar-refractivity contribution < 1.29 is 21.1 Å². The van der Waals surface area contributed by atoms with Gasteiger partial charge < -0.3 is 5.92 Å². The zero-order valence-corrected chi connectivity index (χ0v) is 11.0. The van der Waals surface area contributed by atoms with E-state index in [-0.39, 0.29) is 21.1 Å². The fourth-order valence-corrected chi connectivity index (χ4v) is 0.321. The van der Waals surface area contributed by atoms with Gasteiger partial charge in [0.2, 0.25) is 0 Å². The SMILES string of the molecule is CC#CC.[CH2-]C#CC.[CH]1[CH][CH][CH][CH]1.[Mo]. The molecule has 5 radical (unpaired) electrons. The van der Waals surface area contributed by atoms with Crippen molar-refractivity contribution in [2.24, 2.45) is 0 Å². The summed E-state index contributed by atoms with van der Waals surface area (Å²) in [6.07, 6.45) is 10.0. The molecule has 75 valence electrons. The van der Waals surface area contributed by atoms with Gasteiger partial charge in [0.15, 0.2) is 0 Å². The molecule has 1 saturated carbocycles. The Kier molecular flexibility index (Phi) is 31.6. The van der Waals surface area contributed by atoms with Crippen LogP contribution in [0.4, 0.5) is 0 Å². The van der Waals surface area contributed by atoms with E-state index in [2.05, 4.69) is 30.6 Å². The molecule has 0 aliphatic heterocycles. The monoisotopic (exact) mass is 270 g/mol. The van der Waals surface area contributed by atoms with Crippen LogP contribution in [0.25, 0.3) is 0 Å². The van der Waals surface area contributed by atoms with Crippen molar-refractivity contribution in [3.8, 4) is 23.7 Å². The maximum atomic E-state index is 3.24. The molecule has 1 aliphatic rings. The van der Waals surface area contributed by atoms with Crippen LogP contribution in [0.15, 0.2) is 0 Å². The van der Waals surface area contributed by atoms with E-state index >= 15 is 0 Å². The summed E-state index contributed by atoms with van der Waals surface area (Å²) < 4.78 is 0. The number of rotatable bonds is 0. The van der Waals surface area contributed by atoms with Crippen LogP contribution >= 0.6 is 0 Å². The summed E-state index contributed by atoms with van der Waals surface area (Å²) in [5.74, 6) is 10.4. The van der Waals surface area contributed by atoms with E-state index in [9.17, 15) is 0 Å². The molecule has 0 nitrogen and oxygen atoms in total. The average Bonchev–Trinajstić information content (AvgIpc) is 2.76. The predicted molar refractivity (Wildman–Crippen MR) is 59.4 cm³/mol. The van der Waals surface area contributed by atoms with Gasteiger partial charge in [-0.25, -0.2) is 0 Å². The van der Waals surface area contributed by atoms with Crippen LogP contribution in [-0.2, 0) is 21.1 Å². The Hall–Kier alpha value is -0.322. The Morgan fingerprint density at radius 1 is 0.714 bits per heavy atom. The molecule has 0 aromatic heterocycles. The summed E-state index contributed by atoms with van der Waals surface area (Å²) in [5.41, 5.74) is 0. The van der Waals surface area contributed by atoms with Crippen LogP contribution in [0, 0.1) is 62.7 Å². The van der Waals surface area contributed by atoms with Crippen molar-refractivity contribution in [1.82, 2.24) is 0 Å². The third-order valence-electron chi connectivity index (χ3n) is 0.982. The van der Waals surface area contributed by atoms with Crippen molar-refractivity contribution in [1.29, 1.82) is 0 Å². The van der Waals surface area contributed by atoms with Gasteiger partial charge in [0.05, 0.1) is 0 Å². The van der Waals surface area contributed by atoms with Gasteiger partial charge in [-0.2, -0.15) is 6.92 Å². The summed E-state index contributed by atoms with van der Waals surface area (Å²) in [5, 5.41) is 0. The fourth-order valence-electron chi connectivity index (χ4n) is 0.321. The van der Waals surface area contributed by atoms with Crippen molar-refractivity contribution >= 4 is 0 Å². The van der Waals surface area contributed by atoms with Crippen LogP contribution in [0.2, 0.25) is 0 Å². The molecule has 0 atom stereocenters. The second-order valence-corrected chi connectivity index (χ2v) is 1.89. The molecule has 0 N–H and O–H groups in total. The molecular weight excluding hydrogens is 252 g/mol. The average molecular weight is 268 g/mol. The van der Waals surface area contributed by atoms with Gasteiger partial charge in [-0.3, -0.25) is 5.92 Å². The van der Waals surface area contributed by atoms with Gasteiger partial charge in [-0.1, -0.05) is 6.92 Å². The minimum Gasteiger partial charge on any atom is -0.331 e. The summed E-state index contributed by atoms with van der Waals surface area (Å²) in [7, 11) is 0. The zero-order valence-electron chi connectivity index (χ0n) is 9.00. The second-order valence-electron chi connectivity index (χ2n) is 1.89. The van der Waals surface area contributed by atoms with Crippen molar-refractivity contribution in [2.75, 3.05) is 0 Å². The Balaban J connectivity index is -0.000000127. The first-order valence-electron chi connectivity index (χ1n) is 4.02. The molecule has 1 heteroatoms. The van der Waals surface area contributed by atoms with Crippen LogP contribution in [-0.4, -0.2) is 0 Å². The first kappa shape index (κ1) is 19.3. The van der Waals surface area contributed by atoms with Gasteiger partial charge in [0.1, 0.15) is 0 Å². The van der Waals surface area contributed by atoms with Gasteiger partial charge in [-0.15, -0.1) is 11.8 Å². The first-order chi connectivity index (χ1) is 6.33. The van der Waals surface area contributed by atoms with Crippen LogP contribution in [0.3, 0.4) is 0 Å². The molecule has 0 bridgehead atoms. The third-order valence-corrected chi connectivity index (χ3v) is 0.982. The van der Waals surface area contributed by atoms with E-state index < -0.39 is 0 Å². The topological polar surface area (TPSA) is 0 Å². The maximum absolute atomic E-state index is 3.24. The molecule has 1 aliphatic carbocycles. The summed E-state index contributed by atoms with van der Waals surface area (Å²) in [6.45, 7) is 8.64. The van der Waals surface area contributed by atoms with Gasteiger partial charge >= 0.3 is 0 Å². The summed E-state index contributed by atoms with van der Waals surface area (Å²) in [6, 6.07) is 0. The Morgan fingerprint density at radius 3 is 1.00 bits per heavy atom. The molecule has 0 aromatic carbocycles. The van der Waals surface area contributed by atoms with E-state index in [0.717, 1.165) is 0 Å². The Labute approximate surface area is 105 Å². The van der Waals surface area contributed by atoms with Crippen LogP contribution in [0.5, 0.6) is 0 Å². The fraction of sp³-hybridized carbons (Fsp3) is 0.231. The molecule has 0 heterocycles. The van der Waals surface area contributed by atoms with Gasteiger partial charge in [-0.05, 0) is 46.0 Å². The normalized spacial score (nSPS) is 10.5. The number of hydrogen-bond donors (Lipinski definition) is 0. The summed E-state index contributed by atoms with van der Waals surface area (Å²) in [4.78, 5) is 0. The predicted octanol–water partition coefficient (Wildman–Crippen LogP) is 2.89. The molecule has 0 saturated heterocycles. The molecule has 1 fully saturated rings. The molecular formula is C13H16Mo-. The third kappa shape index (κ3) is 29.9. The summed E-state index contributed by atoms with van der Waals surface area (Å²) >= 11 is 0.